The predicted octanol–water partition coefficient (Wildman–Crippen LogP) is 0.880. The highest BCUT2D eigenvalue weighted by molar-refractivity contribution is 5.50. The van der Waals surface area contributed by atoms with Crippen LogP contribution < -0.4 is 5.32 Å². The normalized spacial score (nSPS) is 21.3. The molecule has 0 aromatic heterocycles. The molecule has 0 saturated carbocycles. The van der Waals surface area contributed by atoms with Gasteiger partial charge in [-0.25, -0.2) is 0 Å². The number of phenolic OH excluding ortho intramolecular Hbond substituents is 3. The summed E-state index contributed by atoms with van der Waals surface area (Å²) in [6.07, 6.45) is 0.895. The van der Waals surface area contributed by atoms with Crippen molar-refractivity contribution in [3.05, 3.63) is 17.7 Å². The molecule has 1 unspecified atom stereocenters. The third-order valence-electron chi connectivity index (χ3n) is 2.59. The number of hydrogen-bond acceptors (Lipinski definition) is 4. The van der Waals surface area contributed by atoms with Crippen molar-refractivity contribution >= 4 is 0 Å². The summed E-state index contributed by atoms with van der Waals surface area (Å²) >= 11 is 0. The van der Waals surface area contributed by atoms with E-state index in [9.17, 15) is 10.2 Å². The minimum Gasteiger partial charge on any atom is -0.508 e. The van der Waals surface area contributed by atoms with Crippen LogP contribution in [0.1, 0.15) is 17.9 Å². The molecule has 0 radical (unpaired) electrons. The Morgan fingerprint density at radius 1 is 1.14 bits per heavy atom. The minimum absolute atomic E-state index is 0.0313. The summed E-state index contributed by atoms with van der Waals surface area (Å²) in [6, 6.07) is 2.51. The molecule has 1 saturated heterocycles. The third-order valence-corrected chi connectivity index (χ3v) is 2.59. The molecular formula is C10H13NO3. The summed E-state index contributed by atoms with van der Waals surface area (Å²) in [4.78, 5) is 0. The van der Waals surface area contributed by atoms with E-state index in [0.29, 0.717) is 5.56 Å². The summed E-state index contributed by atoms with van der Waals surface area (Å²) in [5, 5.41) is 31.5. The fraction of sp³-hybridized carbons (Fsp3) is 0.400. The molecule has 14 heavy (non-hydrogen) atoms. The molecule has 76 valence electrons. The lowest BCUT2D eigenvalue weighted by atomic mass is 9.96. The van der Waals surface area contributed by atoms with Gasteiger partial charge in [0, 0.05) is 30.2 Å². The highest BCUT2D eigenvalue weighted by atomic mass is 16.3. The third kappa shape index (κ3) is 1.48. The SMILES string of the molecule is Oc1cc(O)c(C2CCNC2)c(O)c1. The van der Waals surface area contributed by atoms with Gasteiger partial charge in [-0.1, -0.05) is 0 Å². The van der Waals surface area contributed by atoms with E-state index in [1.807, 2.05) is 0 Å². The Bertz CT molecular complexity index is 322. The van der Waals surface area contributed by atoms with Crippen LogP contribution in [0.25, 0.3) is 0 Å². The molecule has 0 aliphatic carbocycles. The van der Waals surface area contributed by atoms with Gasteiger partial charge in [-0.15, -0.1) is 0 Å². The van der Waals surface area contributed by atoms with Gasteiger partial charge in [-0.2, -0.15) is 0 Å². The number of aromatic hydroxyl groups is 3. The molecule has 1 atom stereocenters. The summed E-state index contributed by atoms with van der Waals surface area (Å²) in [5.74, 6) is -0.0438. The van der Waals surface area contributed by atoms with Crippen LogP contribution in [0.5, 0.6) is 17.2 Å². The van der Waals surface area contributed by atoms with Crippen LogP contribution in [-0.2, 0) is 0 Å². The Kier molecular flexibility index (Phi) is 2.21. The molecule has 0 bridgehead atoms. The molecule has 1 fully saturated rings. The number of hydrogen-bond donors (Lipinski definition) is 4. The molecule has 1 aromatic carbocycles. The summed E-state index contributed by atoms with van der Waals surface area (Å²) in [7, 11) is 0. The van der Waals surface area contributed by atoms with Crippen LogP contribution in [0, 0.1) is 0 Å². The molecule has 1 heterocycles. The molecule has 0 amide bonds. The molecule has 1 aromatic rings. The van der Waals surface area contributed by atoms with Gasteiger partial charge < -0.3 is 20.6 Å². The Hall–Kier alpha value is -1.42. The lowest BCUT2D eigenvalue weighted by Gasteiger charge is -2.13. The standard InChI is InChI=1S/C10H13NO3/c12-7-3-8(13)10(9(14)4-7)6-1-2-11-5-6/h3-4,6,11-14H,1-2,5H2. The Morgan fingerprint density at radius 2 is 1.79 bits per heavy atom. The van der Waals surface area contributed by atoms with Gasteiger partial charge in [0.15, 0.2) is 0 Å². The first-order valence-corrected chi connectivity index (χ1v) is 4.64. The van der Waals surface area contributed by atoms with E-state index in [2.05, 4.69) is 5.32 Å². The second-order valence-electron chi connectivity index (χ2n) is 3.59. The van der Waals surface area contributed by atoms with Gasteiger partial charge in [0.2, 0.25) is 0 Å². The van der Waals surface area contributed by atoms with Crippen molar-refractivity contribution < 1.29 is 15.3 Å². The van der Waals surface area contributed by atoms with Crippen LogP contribution in [0.4, 0.5) is 0 Å². The van der Waals surface area contributed by atoms with E-state index in [1.54, 1.807) is 0 Å². The van der Waals surface area contributed by atoms with Crippen molar-refractivity contribution in [2.24, 2.45) is 0 Å². The van der Waals surface area contributed by atoms with Crippen molar-refractivity contribution in [1.82, 2.24) is 5.32 Å². The molecule has 4 N–H and O–H groups in total. The van der Waals surface area contributed by atoms with Crippen molar-refractivity contribution in [3.8, 4) is 17.2 Å². The fourth-order valence-electron chi connectivity index (χ4n) is 1.93. The van der Waals surface area contributed by atoms with Gasteiger partial charge >= 0.3 is 0 Å². The molecular weight excluding hydrogens is 182 g/mol. The maximum Gasteiger partial charge on any atom is 0.126 e. The number of benzene rings is 1. The zero-order chi connectivity index (χ0) is 10.1. The second kappa shape index (κ2) is 3.38. The second-order valence-corrected chi connectivity index (χ2v) is 3.59. The van der Waals surface area contributed by atoms with Crippen LogP contribution >= 0.6 is 0 Å². The average molecular weight is 195 g/mol. The quantitative estimate of drug-likeness (QED) is 0.536. The van der Waals surface area contributed by atoms with Crippen LogP contribution in [0.15, 0.2) is 12.1 Å². The molecule has 4 heteroatoms. The monoisotopic (exact) mass is 195 g/mol. The van der Waals surface area contributed by atoms with Gasteiger partial charge in [-0.05, 0) is 13.0 Å². The zero-order valence-corrected chi connectivity index (χ0v) is 7.70. The predicted molar refractivity (Wildman–Crippen MR) is 51.7 cm³/mol. The number of nitrogens with one attached hydrogen (secondary N) is 1. The summed E-state index contributed by atoms with van der Waals surface area (Å²) < 4.78 is 0. The minimum atomic E-state index is -0.116. The van der Waals surface area contributed by atoms with Gasteiger partial charge in [0.1, 0.15) is 17.2 Å². The highest BCUT2D eigenvalue weighted by Crippen LogP contribution is 2.39. The maximum absolute atomic E-state index is 9.58. The first-order chi connectivity index (χ1) is 6.68. The first kappa shape index (κ1) is 9.15. The lowest BCUT2D eigenvalue weighted by molar-refractivity contribution is 0.413. The molecule has 1 aliphatic heterocycles. The van der Waals surface area contributed by atoms with Crippen LogP contribution in [0.3, 0.4) is 0 Å². The topological polar surface area (TPSA) is 72.7 Å². The number of rotatable bonds is 1. The molecule has 2 rings (SSSR count). The van der Waals surface area contributed by atoms with Crippen LogP contribution in [0.2, 0.25) is 0 Å². The van der Waals surface area contributed by atoms with Gasteiger partial charge in [0.05, 0.1) is 0 Å². The molecule has 4 nitrogen and oxygen atoms in total. The largest absolute Gasteiger partial charge is 0.508 e. The van der Waals surface area contributed by atoms with Crippen molar-refractivity contribution in [3.63, 3.8) is 0 Å². The zero-order valence-electron chi connectivity index (χ0n) is 7.70. The van der Waals surface area contributed by atoms with E-state index in [-0.39, 0.29) is 23.2 Å². The molecule has 0 spiro atoms. The number of phenols is 3. The average Bonchev–Trinajstić information content (AvgIpc) is 2.54. The smallest absolute Gasteiger partial charge is 0.126 e. The van der Waals surface area contributed by atoms with Crippen LogP contribution in [-0.4, -0.2) is 28.4 Å². The highest BCUT2D eigenvalue weighted by Gasteiger charge is 2.23. The Labute approximate surface area is 81.8 Å². The van der Waals surface area contributed by atoms with E-state index in [1.165, 1.54) is 12.1 Å². The van der Waals surface area contributed by atoms with Gasteiger partial charge in [-0.3, -0.25) is 0 Å². The van der Waals surface area contributed by atoms with E-state index >= 15 is 0 Å². The van der Waals surface area contributed by atoms with E-state index in [0.717, 1.165) is 19.5 Å². The van der Waals surface area contributed by atoms with E-state index in [4.69, 9.17) is 5.11 Å². The first-order valence-electron chi connectivity index (χ1n) is 4.64. The Morgan fingerprint density at radius 3 is 2.29 bits per heavy atom. The fourth-order valence-corrected chi connectivity index (χ4v) is 1.93. The van der Waals surface area contributed by atoms with Crippen molar-refractivity contribution in [2.45, 2.75) is 12.3 Å². The maximum atomic E-state index is 9.58. The Balaban J connectivity index is 2.40. The lowest BCUT2D eigenvalue weighted by Crippen LogP contribution is -2.08. The van der Waals surface area contributed by atoms with E-state index < -0.39 is 0 Å². The van der Waals surface area contributed by atoms with Crippen molar-refractivity contribution in [2.75, 3.05) is 13.1 Å². The molecule has 1 aliphatic rings. The van der Waals surface area contributed by atoms with Gasteiger partial charge in [0.25, 0.3) is 0 Å². The summed E-state index contributed by atoms with van der Waals surface area (Å²) in [5.41, 5.74) is 0.535. The van der Waals surface area contributed by atoms with Crippen molar-refractivity contribution in [1.29, 1.82) is 0 Å². The summed E-state index contributed by atoms with van der Waals surface area (Å²) in [6.45, 7) is 1.65.